The SMILES string of the molecule is COc1cccc(CN(Cc2nc(C(=O)NCc3ccco3)co2)C2CC2)c1OC. The molecular weight excluding hydrogens is 386 g/mol. The van der Waals surface area contributed by atoms with Crippen LogP contribution in [0.5, 0.6) is 11.5 Å². The number of rotatable bonds is 10. The molecule has 0 bridgehead atoms. The molecular formula is C22H25N3O5. The Labute approximate surface area is 174 Å². The molecule has 0 aliphatic heterocycles. The predicted octanol–water partition coefficient (Wildman–Crippen LogP) is 3.38. The van der Waals surface area contributed by atoms with Crippen LogP contribution in [0.3, 0.4) is 0 Å². The van der Waals surface area contributed by atoms with Gasteiger partial charge in [0.05, 0.1) is 33.6 Å². The predicted molar refractivity (Wildman–Crippen MR) is 108 cm³/mol. The maximum absolute atomic E-state index is 12.3. The highest BCUT2D eigenvalue weighted by molar-refractivity contribution is 5.91. The molecule has 0 radical (unpaired) electrons. The molecule has 1 aliphatic carbocycles. The third kappa shape index (κ3) is 4.65. The number of oxazole rings is 1. The van der Waals surface area contributed by atoms with Gasteiger partial charge in [0.1, 0.15) is 12.0 Å². The molecule has 30 heavy (non-hydrogen) atoms. The summed E-state index contributed by atoms with van der Waals surface area (Å²) in [5.74, 6) is 2.33. The van der Waals surface area contributed by atoms with Crippen LogP contribution in [0, 0.1) is 0 Å². The highest BCUT2D eigenvalue weighted by atomic mass is 16.5. The summed E-state index contributed by atoms with van der Waals surface area (Å²) in [6, 6.07) is 9.90. The number of para-hydroxylation sites is 1. The second kappa shape index (κ2) is 9.04. The third-order valence-electron chi connectivity index (χ3n) is 5.05. The van der Waals surface area contributed by atoms with Crippen molar-refractivity contribution in [1.29, 1.82) is 0 Å². The van der Waals surface area contributed by atoms with Gasteiger partial charge in [0.15, 0.2) is 17.2 Å². The van der Waals surface area contributed by atoms with Gasteiger partial charge in [-0.25, -0.2) is 4.98 Å². The average Bonchev–Trinajstić information content (AvgIpc) is 3.28. The van der Waals surface area contributed by atoms with Gasteiger partial charge in [-0.05, 0) is 31.0 Å². The van der Waals surface area contributed by atoms with E-state index in [1.165, 1.54) is 6.26 Å². The van der Waals surface area contributed by atoms with Gasteiger partial charge in [-0.2, -0.15) is 0 Å². The number of carbonyl (C=O) groups excluding carboxylic acids is 1. The molecule has 8 nitrogen and oxygen atoms in total. The fraction of sp³-hybridized carbons (Fsp3) is 0.364. The molecule has 0 saturated heterocycles. The van der Waals surface area contributed by atoms with Gasteiger partial charge >= 0.3 is 0 Å². The zero-order valence-electron chi connectivity index (χ0n) is 17.1. The summed E-state index contributed by atoms with van der Waals surface area (Å²) in [6.07, 6.45) is 5.22. The van der Waals surface area contributed by atoms with Crippen LogP contribution in [0.1, 0.15) is 40.5 Å². The Morgan fingerprint density at radius 1 is 1.17 bits per heavy atom. The average molecular weight is 411 g/mol. The number of methoxy groups -OCH3 is 2. The lowest BCUT2D eigenvalue weighted by Crippen LogP contribution is -2.26. The fourth-order valence-corrected chi connectivity index (χ4v) is 3.38. The molecule has 1 amide bonds. The van der Waals surface area contributed by atoms with Crippen molar-refractivity contribution in [3.05, 3.63) is 65.8 Å². The molecule has 0 unspecified atom stereocenters. The molecule has 2 heterocycles. The highest BCUT2D eigenvalue weighted by Crippen LogP contribution is 2.35. The van der Waals surface area contributed by atoms with Gasteiger partial charge < -0.3 is 23.6 Å². The minimum atomic E-state index is -0.297. The van der Waals surface area contributed by atoms with E-state index in [4.69, 9.17) is 18.3 Å². The van der Waals surface area contributed by atoms with Crippen molar-refractivity contribution in [3.8, 4) is 11.5 Å². The molecule has 8 heteroatoms. The Morgan fingerprint density at radius 2 is 2.03 bits per heavy atom. The van der Waals surface area contributed by atoms with Crippen molar-refractivity contribution >= 4 is 5.91 Å². The first kappa shape index (κ1) is 20.0. The minimum Gasteiger partial charge on any atom is -0.493 e. The number of furan rings is 1. The lowest BCUT2D eigenvalue weighted by Gasteiger charge is -2.22. The van der Waals surface area contributed by atoms with Crippen LogP contribution < -0.4 is 14.8 Å². The largest absolute Gasteiger partial charge is 0.493 e. The van der Waals surface area contributed by atoms with E-state index in [-0.39, 0.29) is 11.6 Å². The number of hydrogen-bond donors (Lipinski definition) is 1. The minimum absolute atomic E-state index is 0.256. The molecule has 1 aliphatic rings. The van der Waals surface area contributed by atoms with Crippen LogP contribution in [-0.2, 0) is 19.6 Å². The normalized spacial score (nSPS) is 13.4. The van der Waals surface area contributed by atoms with Gasteiger partial charge in [-0.3, -0.25) is 9.69 Å². The summed E-state index contributed by atoms with van der Waals surface area (Å²) in [5.41, 5.74) is 1.29. The molecule has 0 spiro atoms. The molecule has 2 aromatic heterocycles. The van der Waals surface area contributed by atoms with Gasteiger partial charge in [0.2, 0.25) is 5.89 Å². The summed E-state index contributed by atoms with van der Waals surface area (Å²) in [5, 5.41) is 2.77. The zero-order chi connectivity index (χ0) is 20.9. The second-order valence-electron chi connectivity index (χ2n) is 7.18. The summed E-state index contributed by atoms with van der Waals surface area (Å²) < 4.78 is 21.8. The number of aromatic nitrogens is 1. The number of benzene rings is 1. The smallest absolute Gasteiger partial charge is 0.273 e. The number of hydrogen-bond acceptors (Lipinski definition) is 7. The Morgan fingerprint density at radius 3 is 2.73 bits per heavy atom. The maximum Gasteiger partial charge on any atom is 0.273 e. The summed E-state index contributed by atoms with van der Waals surface area (Å²) >= 11 is 0. The van der Waals surface area contributed by atoms with E-state index in [1.807, 2.05) is 18.2 Å². The Kier molecular flexibility index (Phi) is 6.04. The van der Waals surface area contributed by atoms with Crippen molar-refractivity contribution in [3.63, 3.8) is 0 Å². The Balaban J connectivity index is 1.41. The van der Waals surface area contributed by atoms with Crippen molar-refractivity contribution in [1.82, 2.24) is 15.2 Å². The quantitative estimate of drug-likeness (QED) is 0.547. The number of nitrogens with one attached hydrogen (secondary N) is 1. The molecule has 0 atom stereocenters. The molecule has 1 fully saturated rings. The molecule has 158 valence electrons. The zero-order valence-corrected chi connectivity index (χ0v) is 17.1. The molecule has 4 rings (SSSR count). The molecule has 1 N–H and O–H groups in total. The first-order chi connectivity index (χ1) is 14.7. The van der Waals surface area contributed by atoms with Crippen LogP contribution in [-0.4, -0.2) is 36.1 Å². The van der Waals surface area contributed by atoms with Crippen LogP contribution in [0.25, 0.3) is 0 Å². The van der Waals surface area contributed by atoms with E-state index in [0.29, 0.717) is 43.1 Å². The number of carbonyl (C=O) groups is 1. The standard InChI is InChI=1S/C22H25N3O5/c1-27-19-7-3-5-15(21(19)28-2)12-25(16-8-9-16)13-20-24-18(14-30-20)22(26)23-11-17-6-4-10-29-17/h3-7,10,14,16H,8-9,11-13H2,1-2H3,(H,23,26). The van der Waals surface area contributed by atoms with Crippen LogP contribution in [0.15, 0.2) is 51.7 Å². The van der Waals surface area contributed by atoms with E-state index in [2.05, 4.69) is 15.2 Å². The van der Waals surface area contributed by atoms with E-state index in [1.54, 1.807) is 32.6 Å². The number of nitrogens with zero attached hydrogens (tertiary/aromatic N) is 2. The monoisotopic (exact) mass is 411 g/mol. The summed E-state index contributed by atoms with van der Waals surface area (Å²) in [7, 11) is 3.27. The van der Waals surface area contributed by atoms with Gasteiger partial charge in [0, 0.05) is 18.2 Å². The highest BCUT2D eigenvalue weighted by Gasteiger charge is 2.31. The molecule has 1 aromatic carbocycles. The van der Waals surface area contributed by atoms with Crippen molar-refractivity contribution in [2.75, 3.05) is 14.2 Å². The first-order valence-electron chi connectivity index (χ1n) is 9.87. The second-order valence-corrected chi connectivity index (χ2v) is 7.18. The van der Waals surface area contributed by atoms with Gasteiger partial charge in [-0.15, -0.1) is 0 Å². The number of ether oxygens (including phenoxy) is 2. The molecule has 3 aromatic rings. The first-order valence-corrected chi connectivity index (χ1v) is 9.87. The number of amides is 1. The third-order valence-corrected chi connectivity index (χ3v) is 5.05. The van der Waals surface area contributed by atoms with E-state index >= 15 is 0 Å². The topological polar surface area (TPSA) is 90.0 Å². The van der Waals surface area contributed by atoms with Gasteiger partial charge in [0.25, 0.3) is 5.91 Å². The van der Waals surface area contributed by atoms with Gasteiger partial charge in [-0.1, -0.05) is 12.1 Å². The summed E-state index contributed by atoms with van der Waals surface area (Å²) in [4.78, 5) is 19.0. The Hall–Kier alpha value is -3.26. The summed E-state index contributed by atoms with van der Waals surface area (Å²) in [6.45, 7) is 1.49. The lowest BCUT2D eigenvalue weighted by molar-refractivity contribution is 0.0943. The van der Waals surface area contributed by atoms with Crippen LogP contribution in [0.2, 0.25) is 0 Å². The van der Waals surface area contributed by atoms with E-state index in [0.717, 1.165) is 24.2 Å². The van der Waals surface area contributed by atoms with Crippen LogP contribution >= 0.6 is 0 Å². The fourth-order valence-electron chi connectivity index (χ4n) is 3.38. The Bertz CT molecular complexity index is 979. The lowest BCUT2D eigenvalue weighted by atomic mass is 10.1. The van der Waals surface area contributed by atoms with Crippen molar-refractivity contribution in [2.24, 2.45) is 0 Å². The van der Waals surface area contributed by atoms with E-state index in [9.17, 15) is 4.79 Å². The van der Waals surface area contributed by atoms with Crippen molar-refractivity contribution in [2.45, 2.75) is 38.5 Å². The van der Waals surface area contributed by atoms with E-state index < -0.39 is 0 Å². The maximum atomic E-state index is 12.3. The molecule has 1 saturated carbocycles. The van der Waals surface area contributed by atoms with Crippen molar-refractivity contribution < 1.29 is 23.1 Å². The van der Waals surface area contributed by atoms with Crippen LogP contribution in [0.4, 0.5) is 0 Å².